The Morgan fingerprint density at radius 1 is 1.20 bits per heavy atom. The van der Waals surface area contributed by atoms with Gasteiger partial charge in [-0.25, -0.2) is 8.42 Å². The Morgan fingerprint density at radius 3 is 2.47 bits per heavy atom. The fourth-order valence-electron chi connectivity index (χ4n) is 2.16. The SMILES string of the molecule is CNC1CS(=O)(=O)CC1c1ccccc1. The highest BCUT2D eigenvalue weighted by Gasteiger charge is 2.37. The van der Waals surface area contributed by atoms with Gasteiger partial charge in [0.05, 0.1) is 11.5 Å². The van der Waals surface area contributed by atoms with Gasteiger partial charge in [0.1, 0.15) is 0 Å². The number of nitrogens with one attached hydrogen (secondary N) is 1. The monoisotopic (exact) mass is 225 g/mol. The lowest BCUT2D eigenvalue weighted by Crippen LogP contribution is -2.31. The molecule has 0 saturated carbocycles. The third-order valence-electron chi connectivity index (χ3n) is 2.95. The summed E-state index contributed by atoms with van der Waals surface area (Å²) in [6.07, 6.45) is 0. The standard InChI is InChI=1S/C11H15NO2S/c1-12-11-8-15(13,14)7-10(11)9-5-3-2-4-6-9/h2-6,10-12H,7-8H2,1H3. The van der Waals surface area contributed by atoms with Gasteiger partial charge in [-0.15, -0.1) is 0 Å². The average molecular weight is 225 g/mol. The van der Waals surface area contributed by atoms with E-state index < -0.39 is 9.84 Å². The number of sulfone groups is 1. The third kappa shape index (κ3) is 2.21. The second-order valence-corrected chi connectivity index (χ2v) is 6.14. The van der Waals surface area contributed by atoms with Crippen LogP contribution in [0.2, 0.25) is 0 Å². The molecule has 15 heavy (non-hydrogen) atoms. The molecule has 1 fully saturated rings. The highest BCUT2D eigenvalue weighted by molar-refractivity contribution is 7.91. The first-order valence-corrected chi connectivity index (χ1v) is 6.87. The molecule has 0 spiro atoms. The number of benzene rings is 1. The Kier molecular flexibility index (Phi) is 2.80. The fourth-order valence-corrected chi connectivity index (χ4v) is 4.21. The minimum absolute atomic E-state index is 0.0531. The Hall–Kier alpha value is -0.870. The Bertz CT molecular complexity index is 427. The molecule has 1 saturated heterocycles. The van der Waals surface area contributed by atoms with Crippen LogP contribution in [-0.4, -0.2) is 33.0 Å². The van der Waals surface area contributed by atoms with Gasteiger partial charge in [-0.2, -0.15) is 0 Å². The Labute approximate surface area is 90.4 Å². The van der Waals surface area contributed by atoms with Crippen LogP contribution in [0, 0.1) is 0 Å². The maximum Gasteiger partial charge on any atom is 0.152 e. The predicted octanol–water partition coefficient (Wildman–Crippen LogP) is 0.787. The lowest BCUT2D eigenvalue weighted by Gasteiger charge is -2.17. The molecule has 2 unspecified atom stereocenters. The van der Waals surface area contributed by atoms with Gasteiger partial charge in [0.2, 0.25) is 0 Å². The van der Waals surface area contributed by atoms with Gasteiger partial charge in [-0.3, -0.25) is 0 Å². The number of likely N-dealkylation sites (N-methyl/N-ethyl adjacent to an activating group) is 1. The van der Waals surface area contributed by atoms with Crippen molar-refractivity contribution < 1.29 is 8.42 Å². The maximum atomic E-state index is 11.5. The van der Waals surface area contributed by atoms with Crippen LogP contribution in [0.4, 0.5) is 0 Å². The molecule has 1 aromatic carbocycles. The molecule has 1 aromatic rings. The van der Waals surface area contributed by atoms with E-state index in [1.807, 2.05) is 37.4 Å². The van der Waals surface area contributed by atoms with Crippen molar-refractivity contribution in [1.29, 1.82) is 0 Å². The van der Waals surface area contributed by atoms with Crippen molar-refractivity contribution in [2.45, 2.75) is 12.0 Å². The van der Waals surface area contributed by atoms with E-state index in [-0.39, 0.29) is 23.5 Å². The zero-order valence-corrected chi connectivity index (χ0v) is 9.50. The van der Waals surface area contributed by atoms with Crippen LogP contribution >= 0.6 is 0 Å². The lowest BCUT2D eigenvalue weighted by atomic mass is 9.95. The molecule has 0 radical (unpaired) electrons. The van der Waals surface area contributed by atoms with Crippen LogP contribution < -0.4 is 5.32 Å². The summed E-state index contributed by atoms with van der Waals surface area (Å²) in [5.41, 5.74) is 1.11. The predicted molar refractivity (Wildman–Crippen MR) is 60.7 cm³/mol. The first-order valence-electron chi connectivity index (χ1n) is 5.05. The van der Waals surface area contributed by atoms with E-state index >= 15 is 0 Å². The number of hydrogen-bond acceptors (Lipinski definition) is 3. The molecule has 1 aliphatic rings. The normalized spacial score (nSPS) is 29.1. The van der Waals surface area contributed by atoms with Crippen LogP contribution in [0.5, 0.6) is 0 Å². The summed E-state index contributed by atoms with van der Waals surface area (Å²) >= 11 is 0. The first kappa shape index (κ1) is 10.6. The van der Waals surface area contributed by atoms with Crippen LogP contribution in [0.15, 0.2) is 30.3 Å². The summed E-state index contributed by atoms with van der Waals surface area (Å²) in [6, 6.07) is 9.89. The summed E-state index contributed by atoms with van der Waals surface area (Å²) in [4.78, 5) is 0. The first-order chi connectivity index (χ1) is 7.12. The molecule has 2 atom stereocenters. The molecule has 3 nitrogen and oxygen atoms in total. The summed E-state index contributed by atoms with van der Waals surface area (Å²) < 4.78 is 23.1. The van der Waals surface area contributed by atoms with Crippen LogP contribution in [0.1, 0.15) is 11.5 Å². The largest absolute Gasteiger partial charge is 0.315 e. The van der Waals surface area contributed by atoms with Crippen molar-refractivity contribution in [3.63, 3.8) is 0 Å². The van der Waals surface area contributed by atoms with Gasteiger partial charge in [-0.1, -0.05) is 30.3 Å². The second-order valence-electron chi connectivity index (χ2n) is 3.99. The molecule has 0 amide bonds. The van der Waals surface area contributed by atoms with Crippen molar-refractivity contribution >= 4 is 9.84 Å². The van der Waals surface area contributed by atoms with Gasteiger partial charge in [0, 0.05) is 12.0 Å². The number of hydrogen-bond donors (Lipinski definition) is 1. The topological polar surface area (TPSA) is 46.2 Å². The summed E-state index contributed by atoms with van der Waals surface area (Å²) in [5.74, 6) is 0.618. The molecule has 0 bridgehead atoms. The molecule has 0 aromatic heterocycles. The molecule has 0 aliphatic carbocycles. The molecule has 1 aliphatic heterocycles. The smallest absolute Gasteiger partial charge is 0.152 e. The molecule has 82 valence electrons. The molecule has 1 heterocycles. The lowest BCUT2D eigenvalue weighted by molar-refractivity contribution is 0.555. The molecule has 4 heteroatoms. The average Bonchev–Trinajstić information content (AvgIpc) is 2.55. The van der Waals surface area contributed by atoms with Crippen molar-refractivity contribution in [1.82, 2.24) is 5.32 Å². The highest BCUT2D eigenvalue weighted by Crippen LogP contribution is 2.28. The van der Waals surface area contributed by atoms with Crippen molar-refractivity contribution in [3.05, 3.63) is 35.9 Å². The zero-order chi connectivity index (χ0) is 10.9. The third-order valence-corrected chi connectivity index (χ3v) is 4.69. The van der Waals surface area contributed by atoms with E-state index in [0.717, 1.165) is 5.56 Å². The summed E-state index contributed by atoms with van der Waals surface area (Å²) in [7, 11) is -1.05. The second kappa shape index (κ2) is 3.94. The Morgan fingerprint density at radius 2 is 1.87 bits per heavy atom. The summed E-state index contributed by atoms with van der Waals surface area (Å²) in [6.45, 7) is 0. The molecule has 2 rings (SSSR count). The van der Waals surface area contributed by atoms with E-state index in [9.17, 15) is 8.42 Å². The minimum atomic E-state index is -2.87. The van der Waals surface area contributed by atoms with Gasteiger partial charge in [-0.05, 0) is 12.6 Å². The van der Waals surface area contributed by atoms with E-state index in [4.69, 9.17) is 0 Å². The molecular weight excluding hydrogens is 210 g/mol. The van der Waals surface area contributed by atoms with Crippen molar-refractivity contribution in [3.8, 4) is 0 Å². The Balaban J connectivity index is 2.30. The van der Waals surface area contributed by atoms with E-state index in [1.54, 1.807) is 0 Å². The van der Waals surface area contributed by atoms with Gasteiger partial charge < -0.3 is 5.32 Å². The molecular formula is C11H15NO2S. The van der Waals surface area contributed by atoms with Gasteiger partial charge in [0.15, 0.2) is 9.84 Å². The summed E-state index contributed by atoms with van der Waals surface area (Å²) in [5, 5.41) is 3.09. The van der Waals surface area contributed by atoms with E-state index in [2.05, 4.69) is 5.32 Å². The van der Waals surface area contributed by atoms with Crippen molar-refractivity contribution in [2.75, 3.05) is 18.6 Å². The van der Waals surface area contributed by atoms with Gasteiger partial charge >= 0.3 is 0 Å². The van der Waals surface area contributed by atoms with Crippen molar-refractivity contribution in [2.24, 2.45) is 0 Å². The van der Waals surface area contributed by atoms with E-state index in [0.29, 0.717) is 0 Å². The van der Waals surface area contributed by atoms with E-state index in [1.165, 1.54) is 0 Å². The quantitative estimate of drug-likeness (QED) is 0.809. The molecule has 1 N–H and O–H groups in total. The number of rotatable bonds is 2. The van der Waals surface area contributed by atoms with Crippen LogP contribution in [0.3, 0.4) is 0 Å². The maximum absolute atomic E-state index is 11.5. The zero-order valence-electron chi connectivity index (χ0n) is 8.68. The van der Waals surface area contributed by atoms with Crippen LogP contribution in [-0.2, 0) is 9.84 Å². The van der Waals surface area contributed by atoms with Gasteiger partial charge in [0.25, 0.3) is 0 Å². The minimum Gasteiger partial charge on any atom is -0.315 e. The van der Waals surface area contributed by atoms with Crippen LogP contribution in [0.25, 0.3) is 0 Å². The highest BCUT2D eigenvalue weighted by atomic mass is 32.2. The fraction of sp³-hybridized carbons (Fsp3) is 0.455.